The molecule has 0 atom stereocenters. The molecule has 0 aromatic rings. The lowest BCUT2D eigenvalue weighted by molar-refractivity contribution is 1.13. The summed E-state index contributed by atoms with van der Waals surface area (Å²) in [5.41, 5.74) is 2.57. The summed E-state index contributed by atoms with van der Waals surface area (Å²) < 4.78 is 0. The molecule has 0 aromatic carbocycles. The van der Waals surface area contributed by atoms with Gasteiger partial charge in [0.1, 0.15) is 0 Å². The lowest BCUT2D eigenvalue weighted by Crippen LogP contribution is -1.74. The molecule has 0 saturated carbocycles. The zero-order valence-electron chi connectivity index (χ0n) is 7.85. The van der Waals surface area contributed by atoms with Gasteiger partial charge in [0.05, 0.1) is 0 Å². The highest BCUT2D eigenvalue weighted by molar-refractivity contribution is 5.25. The van der Waals surface area contributed by atoms with Gasteiger partial charge >= 0.3 is 0 Å². The van der Waals surface area contributed by atoms with Crippen LogP contribution in [-0.4, -0.2) is 0 Å². The van der Waals surface area contributed by atoms with Crippen LogP contribution in [0.2, 0.25) is 0 Å². The second-order valence-electron chi connectivity index (χ2n) is 2.56. The van der Waals surface area contributed by atoms with Crippen molar-refractivity contribution in [3.8, 4) is 0 Å². The Labute approximate surface area is 70.3 Å². The molecule has 0 aromatic heterocycles. The molecule has 0 nitrogen and oxygen atoms in total. The summed E-state index contributed by atoms with van der Waals surface area (Å²) in [5, 5.41) is 0. The third-order valence-electron chi connectivity index (χ3n) is 1.77. The fraction of sp³-hybridized carbons (Fsp3) is 0.455. The standard InChI is InChI=1S/C11H18/c1-5-10(4)8-9-11(6-2)7-3/h6,8-9H,4-5,7H2,1-3H3/b9-8-,11-6-. The maximum absolute atomic E-state index is 3.90. The van der Waals surface area contributed by atoms with Crippen LogP contribution in [0.4, 0.5) is 0 Å². The molecule has 0 saturated heterocycles. The third kappa shape index (κ3) is 4.60. The molecule has 62 valence electrons. The van der Waals surface area contributed by atoms with E-state index < -0.39 is 0 Å². The van der Waals surface area contributed by atoms with Gasteiger partial charge < -0.3 is 0 Å². The average Bonchev–Trinajstić information content (AvgIpc) is 2.06. The van der Waals surface area contributed by atoms with Crippen LogP contribution in [0.25, 0.3) is 0 Å². The Morgan fingerprint density at radius 1 is 1.18 bits per heavy atom. The van der Waals surface area contributed by atoms with E-state index in [1.165, 1.54) is 11.1 Å². The Morgan fingerprint density at radius 2 is 1.82 bits per heavy atom. The van der Waals surface area contributed by atoms with E-state index in [0.29, 0.717) is 0 Å². The summed E-state index contributed by atoms with van der Waals surface area (Å²) in [7, 11) is 0. The molecule has 0 heteroatoms. The molecule has 0 radical (unpaired) electrons. The van der Waals surface area contributed by atoms with Crippen molar-refractivity contribution in [3.05, 3.63) is 36.0 Å². The number of rotatable bonds is 4. The van der Waals surface area contributed by atoms with E-state index in [-0.39, 0.29) is 0 Å². The highest BCUT2D eigenvalue weighted by Gasteiger charge is 1.85. The van der Waals surface area contributed by atoms with Crippen LogP contribution in [0.1, 0.15) is 33.6 Å². The van der Waals surface area contributed by atoms with E-state index in [1.807, 2.05) is 0 Å². The molecule has 11 heavy (non-hydrogen) atoms. The van der Waals surface area contributed by atoms with Crippen molar-refractivity contribution >= 4 is 0 Å². The fourth-order valence-electron chi connectivity index (χ4n) is 0.761. The Morgan fingerprint density at radius 3 is 2.18 bits per heavy atom. The van der Waals surface area contributed by atoms with Crippen LogP contribution in [0.3, 0.4) is 0 Å². The number of allylic oxidation sites excluding steroid dienone is 5. The molecule has 0 N–H and O–H groups in total. The predicted octanol–water partition coefficient (Wildman–Crippen LogP) is 3.87. The summed E-state index contributed by atoms with van der Waals surface area (Å²) in [4.78, 5) is 0. The number of hydrogen-bond acceptors (Lipinski definition) is 0. The Balaban J connectivity index is 4.00. The van der Waals surface area contributed by atoms with Gasteiger partial charge in [-0.3, -0.25) is 0 Å². The van der Waals surface area contributed by atoms with Crippen molar-refractivity contribution in [1.29, 1.82) is 0 Å². The highest BCUT2D eigenvalue weighted by Crippen LogP contribution is 2.05. The van der Waals surface area contributed by atoms with Crippen molar-refractivity contribution in [3.63, 3.8) is 0 Å². The minimum absolute atomic E-state index is 1.04. The zero-order chi connectivity index (χ0) is 8.69. The first-order valence-electron chi connectivity index (χ1n) is 4.25. The molecule has 0 spiro atoms. The molecular weight excluding hydrogens is 132 g/mol. The quantitative estimate of drug-likeness (QED) is 0.534. The van der Waals surface area contributed by atoms with Crippen LogP contribution >= 0.6 is 0 Å². The van der Waals surface area contributed by atoms with Gasteiger partial charge in [-0.15, -0.1) is 0 Å². The molecule has 0 unspecified atom stereocenters. The molecular formula is C11H18. The molecule has 0 aliphatic heterocycles. The lowest BCUT2D eigenvalue weighted by Gasteiger charge is -1.95. The van der Waals surface area contributed by atoms with E-state index >= 15 is 0 Å². The van der Waals surface area contributed by atoms with Crippen molar-refractivity contribution in [2.24, 2.45) is 0 Å². The van der Waals surface area contributed by atoms with E-state index in [9.17, 15) is 0 Å². The topological polar surface area (TPSA) is 0 Å². The highest BCUT2D eigenvalue weighted by atomic mass is 13.9. The molecule has 0 amide bonds. The summed E-state index contributed by atoms with van der Waals surface area (Å²) in [6.45, 7) is 10.2. The first-order valence-corrected chi connectivity index (χ1v) is 4.25. The first-order chi connectivity index (χ1) is 5.24. The van der Waals surface area contributed by atoms with Crippen LogP contribution in [0.5, 0.6) is 0 Å². The van der Waals surface area contributed by atoms with E-state index in [1.54, 1.807) is 0 Å². The monoisotopic (exact) mass is 150 g/mol. The lowest BCUT2D eigenvalue weighted by atomic mass is 10.1. The zero-order valence-corrected chi connectivity index (χ0v) is 7.85. The second kappa shape index (κ2) is 5.96. The molecule has 0 rings (SSSR count). The summed E-state index contributed by atoms with van der Waals surface area (Å²) >= 11 is 0. The summed E-state index contributed by atoms with van der Waals surface area (Å²) in [6.07, 6.45) is 8.52. The van der Waals surface area contributed by atoms with Gasteiger partial charge in [-0.2, -0.15) is 0 Å². The van der Waals surface area contributed by atoms with Crippen LogP contribution in [0, 0.1) is 0 Å². The molecule has 0 aliphatic carbocycles. The summed E-state index contributed by atoms with van der Waals surface area (Å²) in [5.74, 6) is 0. The summed E-state index contributed by atoms with van der Waals surface area (Å²) in [6, 6.07) is 0. The Bertz CT molecular complexity index is 170. The fourth-order valence-corrected chi connectivity index (χ4v) is 0.761. The van der Waals surface area contributed by atoms with Crippen LogP contribution in [-0.2, 0) is 0 Å². The minimum Gasteiger partial charge on any atom is -0.0958 e. The molecule has 0 bridgehead atoms. The van der Waals surface area contributed by atoms with E-state index in [0.717, 1.165) is 12.8 Å². The average molecular weight is 150 g/mol. The molecule has 0 fully saturated rings. The first kappa shape index (κ1) is 10.2. The van der Waals surface area contributed by atoms with Gasteiger partial charge in [-0.1, -0.05) is 49.8 Å². The number of hydrogen-bond donors (Lipinski definition) is 0. The van der Waals surface area contributed by atoms with Gasteiger partial charge in [0.15, 0.2) is 0 Å². The SMILES string of the molecule is C=C(/C=C\C(=C/C)CC)CC. The van der Waals surface area contributed by atoms with Gasteiger partial charge in [0, 0.05) is 0 Å². The Hall–Kier alpha value is -0.780. The third-order valence-corrected chi connectivity index (χ3v) is 1.77. The van der Waals surface area contributed by atoms with Gasteiger partial charge in [-0.25, -0.2) is 0 Å². The van der Waals surface area contributed by atoms with Gasteiger partial charge in [-0.05, 0) is 19.8 Å². The maximum atomic E-state index is 3.90. The van der Waals surface area contributed by atoms with E-state index in [4.69, 9.17) is 0 Å². The van der Waals surface area contributed by atoms with Gasteiger partial charge in [0.2, 0.25) is 0 Å². The smallest absolute Gasteiger partial charge is 0.0311 e. The molecule has 0 heterocycles. The Kier molecular flexibility index (Phi) is 5.54. The van der Waals surface area contributed by atoms with Crippen LogP contribution in [0.15, 0.2) is 36.0 Å². The normalized spacial score (nSPS) is 12.5. The minimum atomic E-state index is 1.04. The van der Waals surface area contributed by atoms with Crippen molar-refractivity contribution in [2.75, 3.05) is 0 Å². The predicted molar refractivity (Wildman–Crippen MR) is 52.6 cm³/mol. The van der Waals surface area contributed by atoms with Gasteiger partial charge in [0.25, 0.3) is 0 Å². The second-order valence-corrected chi connectivity index (χ2v) is 2.56. The maximum Gasteiger partial charge on any atom is -0.0311 e. The van der Waals surface area contributed by atoms with Crippen molar-refractivity contribution in [1.82, 2.24) is 0 Å². The largest absolute Gasteiger partial charge is 0.0958 e. The molecule has 0 aliphatic rings. The van der Waals surface area contributed by atoms with Crippen molar-refractivity contribution < 1.29 is 0 Å². The van der Waals surface area contributed by atoms with E-state index in [2.05, 4.69) is 45.6 Å². The van der Waals surface area contributed by atoms with Crippen LogP contribution < -0.4 is 0 Å². The van der Waals surface area contributed by atoms with Crippen molar-refractivity contribution in [2.45, 2.75) is 33.6 Å².